The van der Waals surface area contributed by atoms with E-state index in [9.17, 15) is 4.79 Å². The molecule has 0 heterocycles. The average molecular weight is 372 g/mol. The molecule has 0 aliphatic carbocycles. The predicted octanol–water partition coefficient (Wildman–Crippen LogP) is 5.05. The molecule has 0 aromatic heterocycles. The maximum Gasteiger partial charge on any atom is 0.240 e. The fourth-order valence-corrected chi connectivity index (χ4v) is 3.92. The summed E-state index contributed by atoms with van der Waals surface area (Å²) in [7, 11) is 1.82. The van der Waals surface area contributed by atoms with Gasteiger partial charge >= 0.3 is 0 Å². The van der Waals surface area contributed by atoms with Gasteiger partial charge in [0.05, 0.1) is 11.6 Å². The molecule has 27 heavy (non-hydrogen) atoms. The van der Waals surface area contributed by atoms with Crippen molar-refractivity contribution in [2.75, 3.05) is 7.05 Å². The number of rotatable bonds is 6. The van der Waals surface area contributed by atoms with Crippen LogP contribution in [0.15, 0.2) is 89.8 Å². The molecule has 3 nitrogen and oxygen atoms in total. The average Bonchev–Trinajstić information content (AvgIpc) is 2.73. The van der Waals surface area contributed by atoms with Crippen molar-refractivity contribution in [1.82, 2.24) is 4.90 Å². The molecule has 0 saturated carbocycles. The molecule has 3 rings (SSSR count). The standard InChI is InChI=1S/C23H20N2OS/c1-25(17-19-14-12-18(16-24)13-15-19)23(26)22(20-8-4-2-5-9-20)27-21-10-6-3-7-11-21/h2-15,22H,17H2,1H3/t22-/m0/s1. The van der Waals surface area contributed by atoms with E-state index in [1.165, 1.54) is 0 Å². The number of hydrogen-bond acceptors (Lipinski definition) is 3. The summed E-state index contributed by atoms with van der Waals surface area (Å²) in [4.78, 5) is 16.0. The first-order valence-corrected chi connectivity index (χ1v) is 9.56. The molecule has 4 heteroatoms. The normalized spacial score (nSPS) is 11.4. The quantitative estimate of drug-likeness (QED) is 0.569. The van der Waals surface area contributed by atoms with E-state index in [-0.39, 0.29) is 11.2 Å². The van der Waals surface area contributed by atoms with Crippen molar-refractivity contribution in [2.24, 2.45) is 0 Å². The lowest BCUT2D eigenvalue weighted by atomic mass is 10.1. The summed E-state index contributed by atoms with van der Waals surface area (Å²) in [5.41, 5.74) is 2.61. The lowest BCUT2D eigenvalue weighted by molar-refractivity contribution is -0.129. The van der Waals surface area contributed by atoms with Gasteiger partial charge in [0.2, 0.25) is 5.91 Å². The molecule has 0 radical (unpaired) electrons. The summed E-state index contributed by atoms with van der Waals surface area (Å²) >= 11 is 1.56. The van der Waals surface area contributed by atoms with Crippen molar-refractivity contribution in [1.29, 1.82) is 5.26 Å². The molecule has 0 aliphatic rings. The summed E-state index contributed by atoms with van der Waals surface area (Å²) < 4.78 is 0. The van der Waals surface area contributed by atoms with E-state index in [1.807, 2.05) is 79.8 Å². The van der Waals surface area contributed by atoms with Gasteiger partial charge < -0.3 is 4.90 Å². The second-order valence-corrected chi connectivity index (χ2v) is 7.40. The zero-order valence-electron chi connectivity index (χ0n) is 15.1. The molecule has 0 unspecified atom stereocenters. The highest BCUT2D eigenvalue weighted by Crippen LogP contribution is 2.36. The molecule has 0 aliphatic heterocycles. The predicted molar refractivity (Wildman–Crippen MR) is 109 cm³/mol. The summed E-state index contributed by atoms with van der Waals surface area (Å²) in [6, 6.07) is 29.3. The molecular weight excluding hydrogens is 352 g/mol. The molecule has 134 valence electrons. The van der Waals surface area contributed by atoms with E-state index in [0.717, 1.165) is 16.0 Å². The monoisotopic (exact) mass is 372 g/mol. The van der Waals surface area contributed by atoms with Crippen LogP contribution in [-0.2, 0) is 11.3 Å². The first-order chi connectivity index (χ1) is 13.2. The van der Waals surface area contributed by atoms with E-state index < -0.39 is 0 Å². The Hall–Kier alpha value is -3.03. The first kappa shape index (κ1) is 18.8. The van der Waals surface area contributed by atoms with Gasteiger partial charge in [0.25, 0.3) is 0 Å². The van der Waals surface area contributed by atoms with Crippen molar-refractivity contribution >= 4 is 17.7 Å². The van der Waals surface area contributed by atoms with Gasteiger partial charge in [-0.1, -0.05) is 60.7 Å². The summed E-state index contributed by atoms with van der Waals surface area (Å²) in [6.45, 7) is 0.503. The minimum absolute atomic E-state index is 0.0550. The molecule has 0 fully saturated rings. The maximum atomic E-state index is 13.2. The third-order valence-corrected chi connectivity index (χ3v) is 5.46. The van der Waals surface area contributed by atoms with Gasteiger partial charge in [-0.15, -0.1) is 11.8 Å². The molecule has 3 aromatic carbocycles. The van der Waals surface area contributed by atoms with Gasteiger partial charge in [-0.3, -0.25) is 4.79 Å². The van der Waals surface area contributed by atoms with E-state index in [2.05, 4.69) is 6.07 Å². The van der Waals surface area contributed by atoms with Gasteiger partial charge in [0, 0.05) is 18.5 Å². The van der Waals surface area contributed by atoms with E-state index in [0.29, 0.717) is 12.1 Å². The Morgan fingerprint density at radius 3 is 2.15 bits per heavy atom. The molecule has 0 N–H and O–H groups in total. The highest BCUT2D eigenvalue weighted by atomic mass is 32.2. The molecule has 0 saturated heterocycles. The number of amides is 1. The zero-order chi connectivity index (χ0) is 19.1. The van der Waals surface area contributed by atoms with Crippen LogP contribution < -0.4 is 0 Å². The Morgan fingerprint density at radius 1 is 0.963 bits per heavy atom. The van der Waals surface area contributed by atoms with Gasteiger partial charge in [-0.05, 0) is 35.4 Å². The summed E-state index contributed by atoms with van der Waals surface area (Å²) in [6.07, 6.45) is 0. The molecule has 0 spiro atoms. The lowest BCUT2D eigenvalue weighted by Gasteiger charge is -2.24. The first-order valence-electron chi connectivity index (χ1n) is 8.68. The second kappa shape index (κ2) is 9.07. The molecular formula is C23H20N2OS. The number of nitriles is 1. The van der Waals surface area contributed by atoms with Crippen LogP contribution in [-0.4, -0.2) is 17.9 Å². The van der Waals surface area contributed by atoms with Crippen molar-refractivity contribution in [3.05, 3.63) is 102 Å². The SMILES string of the molecule is CN(Cc1ccc(C#N)cc1)C(=O)[C@@H](Sc1ccccc1)c1ccccc1. The van der Waals surface area contributed by atoms with E-state index in [4.69, 9.17) is 5.26 Å². The highest BCUT2D eigenvalue weighted by Gasteiger charge is 2.25. The number of hydrogen-bond donors (Lipinski definition) is 0. The van der Waals surface area contributed by atoms with Crippen LogP contribution in [0.25, 0.3) is 0 Å². The van der Waals surface area contributed by atoms with Gasteiger partial charge in [0.15, 0.2) is 0 Å². The molecule has 3 aromatic rings. The minimum atomic E-state index is -0.308. The van der Waals surface area contributed by atoms with Gasteiger partial charge in [-0.2, -0.15) is 5.26 Å². The fraction of sp³-hybridized carbons (Fsp3) is 0.130. The summed E-state index contributed by atoms with van der Waals surface area (Å²) in [5.74, 6) is 0.0550. The third-order valence-electron chi connectivity index (χ3n) is 4.20. The van der Waals surface area contributed by atoms with E-state index >= 15 is 0 Å². The zero-order valence-corrected chi connectivity index (χ0v) is 15.9. The maximum absolute atomic E-state index is 13.2. The molecule has 0 bridgehead atoms. The highest BCUT2D eigenvalue weighted by molar-refractivity contribution is 8.00. The van der Waals surface area contributed by atoms with Crippen LogP contribution in [0.3, 0.4) is 0 Å². The summed E-state index contributed by atoms with van der Waals surface area (Å²) in [5, 5.41) is 8.61. The molecule has 1 atom stereocenters. The lowest BCUT2D eigenvalue weighted by Crippen LogP contribution is -2.30. The number of carbonyl (C=O) groups is 1. The minimum Gasteiger partial charge on any atom is -0.340 e. The molecule has 1 amide bonds. The number of nitrogens with zero attached hydrogens (tertiary/aromatic N) is 2. The van der Waals surface area contributed by atoms with Crippen LogP contribution in [0.1, 0.15) is 21.9 Å². The fourth-order valence-electron chi connectivity index (χ4n) is 2.76. The van der Waals surface area contributed by atoms with E-state index in [1.54, 1.807) is 28.8 Å². The van der Waals surface area contributed by atoms with Crippen LogP contribution >= 0.6 is 11.8 Å². The number of thioether (sulfide) groups is 1. The Balaban J connectivity index is 1.80. The number of benzene rings is 3. The van der Waals surface area contributed by atoms with Crippen LogP contribution in [0.5, 0.6) is 0 Å². The number of carbonyl (C=O) groups excluding carboxylic acids is 1. The Bertz CT molecular complexity index is 918. The number of likely N-dealkylation sites (N-methyl/N-ethyl adjacent to an activating group) is 1. The second-order valence-electron chi connectivity index (χ2n) is 6.22. The van der Waals surface area contributed by atoms with Crippen LogP contribution in [0.4, 0.5) is 0 Å². The van der Waals surface area contributed by atoms with Crippen molar-refractivity contribution < 1.29 is 4.79 Å². The smallest absolute Gasteiger partial charge is 0.240 e. The van der Waals surface area contributed by atoms with Crippen LogP contribution in [0.2, 0.25) is 0 Å². The van der Waals surface area contributed by atoms with Crippen molar-refractivity contribution in [3.8, 4) is 6.07 Å². The van der Waals surface area contributed by atoms with Crippen molar-refractivity contribution in [3.63, 3.8) is 0 Å². The van der Waals surface area contributed by atoms with Crippen molar-refractivity contribution in [2.45, 2.75) is 16.7 Å². The van der Waals surface area contributed by atoms with Crippen LogP contribution in [0, 0.1) is 11.3 Å². The largest absolute Gasteiger partial charge is 0.340 e. The van der Waals surface area contributed by atoms with Gasteiger partial charge in [-0.25, -0.2) is 0 Å². The third kappa shape index (κ3) is 4.99. The topological polar surface area (TPSA) is 44.1 Å². The van der Waals surface area contributed by atoms with Gasteiger partial charge in [0.1, 0.15) is 5.25 Å². The Morgan fingerprint density at radius 2 is 1.56 bits per heavy atom. The Labute approximate surface area is 164 Å². The Kier molecular flexibility index (Phi) is 6.30.